The van der Waals surface area contributed by atoms with Crippen LogP contribution >= 0.6 is 0 Å². The Balaban J connectivity index is 1.91. The second-order valence-electron chi connectivity index (χ2n) is 3.49. The first kappa shape index (κ1) is 11.2. The second kappa shape index (κ2) is 5.15. The number of hydrogen-bond donors (Lipinski definition) is 1. The summed E-state index contributed by atoms with van der Waals surface area (Å²) in [5.74, 6) is -0.448. The molecule has 0 aliphatic rings. The average Bonchev–Trinajstić information content (AvgIpc) is 2.75. The van der Waals surface area contributed by atoms with Gasteiger partial charge < -0.3 is 5.11 Å². The van der Waals surface area contributed by atoms with Crippen LogP contribution in [0.25, 0.3) is 0 Å². The van der Waals surface area contributed by atoms with Gasteiger partial charge in [-0.2, -0.15) is 4.80 Å². The molecule has 0 aliphatic heterocycles. The monoisotopic (exact) mass is 233 g/mol. The first-order chi connectivity index (χ1) is 8.24. The number of aryl methyl sites for hydroxylation is 2. The number of carboxylic acids is 1. The van der Waals surface area contributed by atoms with E-state index in [4.69, 9.17) is 5.11 Å². The van der Waals surface area contributed by atoms with Gasteiger partial charge in [0.2, 0.25) is 0 Å². The van der Waals surface area contributed by atoms with Crippen molar-refractivity contribution in [3.05, 3.63) is 35.9 Å². The Bertz CT molecular complexity index is 496. The largest absolute Gasteiger partial charge is 0.480 e. The molecule has 0 spiro atoms. The number of pyridine rings is 1. The lowest BCUT2D eigenvalue weighted by atomic mass is 10.1. The maximum absolute atomic E-state index is 10.4. The third kappa shape index (κ3) is 3.33. The van der Waals surface area contributed by atoms with Crippen molar-refractivity contribution in [1.29, 1.82) is 0 Å². The number of aromatic nitrogens is 5. The highest BCUT2D eigenvalue weighted by atomic mass is 16.4. The standard InChI is InChI=1S/C10H11N5O2/c16-10(17)7-15-13-9(12-14-15)4-3-8-2-1-5-11-6-8/h1-2,5-6H,3-4,7H2,(H,16,17). The molecule has 2 aromatic heterocycles. The number of carbonyl (C=O) groups is 1. The van der Waals surface area contributed by atoms with Gasteiger partial charge in [0.05, 0.1) is 0 Å². The predicted molar refractivity (Wildman–Crippen MR) is 57.1 cm³/mol. The average molecular weight is 233 g/mol. The summed E-state index contributed by atoms with van der Waals surface area (Å²) in [4.78, 5) is 15.5. The molecule has 2 rings (SSSR count). The Morgan fingerprint density at radius 1 is 1.41 bits per heavy atom. The van der Waals surface area contributed by atoms with Crippen LogP contribution in [-0.4, -0.2) is 36.3 Å². The van der Waals surface area contributed by atoms with Gasteiger partial charge >= 0.3 is 5.97 Å². The van der Waals surface area contributed by atoms with Crippen molar-refractivity contribution in [1.82, 2.24) is 25.2 Å². The summed E-state index contributed by atoms with van der Waals surface area (Å²) < 4.78 is 0. The normalized spacial score (nSPS) is 10.4. The fraction of sp³-hybridized carbons (Fsp3) is 0.300. The number of hydrogen-bond acceptors (Lipinski definition) is 5. The van der Waals surface area contributed by atoms with Crippen LogP contribution in [0, 0.1) is 0 Å². The van der Waals surface area contributed by atoms with E-state index in [1.807, 2.05) is 12.1 Å². The Hall–Kier alpha value is -2.31. The van der Waals surface area contributed by atoms with E-state index >= 15 is 0 Å². The van der Waals surface area contributed by atoms with E-state index in [1.165, 1.54) is 0 Å². The van der Waals surface area contributed by atoms with E-state index in [-0.39, 0.29) is 6.54 Å². The van der Waals surface area contributed by atoms with Crippen LogP contribution in [0.3, 0.4) is 0 Å². The van der Waals surface area contributed by atoms with Gasteiger partial charge in [-0.05, 0) is 23.3 Å². The van der Waals surface area contributed by atoms with Crippen LogP contribution in [0.5, 0.6) is 0 Å². The molecular weight excluding hydrogens is 222 g/mol. The van der Waals surface area contributed by atoms with E-state index in [0.717, 1.165) is 16.8 Å². The van der Waals surface area contributed by atoms with E-state index in [2.05, 4.69) is 20.4 Å². The molecule has 0 saturated carbocycles. The van der Waals surface area contributed by atoms with Gasteiger partial charge in [-0.25, -0.2) is 0 Å². The van der Waals surface area contributed by atoms with E-state index in [9.17, 15) is 4.79 Å². The summed E-state index contributed by atoms with van der Waals surface area (Å²) in [7, 11) is 0. The highest BCUT2D eigenvalue weighted by molar-refractivity contribution is 5.66. The molecule has 0 aromatic carbocycles. The first-order valence-electron chi connectivity index (χ1n) is 5.11. The number of tetrazole rings is 1. The van der Waals surface area contributed by atoms with Gasteiger partial charge in [0.15, 0.2) is 12.4 Å². The molecular formula is C10H11N5O2. The van der Waals surface area contributed by atoms with E-state index < -0.39 is 5.97 Å². The molecule has 0 aliphatic carbocycles. The van der Waals surface area contributed by atoms with Crippen molar-refractivity contribution < 1.29 is 9.90 Å². The lowest BCUT2D eigenvalue weighted by Crippen LogP contribution is -2.11. The molecule has 0 unspecified atom stereocenters. The maximum atomic E-state index is 10.4. The smallest absolute Gasteiger partial charge is 0.327 e. The molecule has 0 saturated heterocycles. The van der Waals surface area contributed by atoms with Crippen molar-refractivity contribution in [2.75, 3.05) is 0 Å². The summed E-state index contributed by atoms with van der Waals surface area (Å²) in [6.45, 7) is -0.264. The van der Waals surface area contributed by atoms with Gasteiger partial charge in [-0.3, -0.25) is 9.78 Å². The van der Waals surface area contributed by atoms with Crippen molar-refractivity contribution in [2.45, 2.75) is 19.4 Å². The minimum Gasteiger partial charge on any atom is -0.480 e. The number of aliphatic carboxylic acids is 1. The summed E-state index contributed by atoms with van der Waals surface area (Å²) in [5, 5.41) is 19.9. The zero-order valence-corrected chi connectivity index (χ0v) is 9.02. The van der Waals surface area contributed by atoms with Gasteiger partial charge in [-0.1, -0.05) is 6.07 Å². The molecule has 2 aromatic rings. The lowest BCUT2D eigenvalue weighted by molar-refractivity contribution is -0.138. The second-order valence-corrected chi connectivity index (χ2v) is 3.49. The highest BCUT2D eigenvalue weighted by Crippen LogP contribution is 2.01. The summed E-state index contributed by atoms with van der Waals surface area (Å²) in [5.41, 5.74) is 1.09. The van der Waals surface area contributed by atoms with Gasteiger partial charge in [0.25, 0.3) is 0 Å². The molecule has 7 heteroatoms. The van der Waals surface area contributed by atoms with E-state index in [1.54, 1.807) is 12.4 Å². The number of nitrogens with zero attached hydrogens (tertiary/aromatic N) is 5. The minimum absolute atomic E-state index is 0.264. The molecule has 1 N–H and O–H groups in total. The fourth-order valence-corrected chi connectivity index (χ4v) is 1.37. The summed E-state index contributed by atoms with van der Waals surface area (Å²) >= 11 is 0. The molecule has 0 amide bonds. The topological polar surface area (TPSA) is 93.8 Å². The Morgan fingerprint density at radius 2 is 2.29 bits per heavy atom. The van der Waals surface area contributed by atoms with Crippen LogP contribution in [0.1, 0.15) is 11.4 Å². The fourth-order valence-electron chi connectivity index (χ4n) is 1.37. The minimum atomic E-state index is -0.985. The van der Waals surface area contributed by atoms with Crippen molar-refractivity contribution in [3.63, 3.8) is 0 Å². The third-order valence-corrected chi connectivity index (χ3v) is 2.13. The van der Waals surface area contributed by atoms with Crippen LogP contribution < -0.4 is 0 Å². The molecule has 17 heavy (non-hydrogen) atoms. The Morgan fingerprint density at radius 3 is 3.00 bits per heavy atom. The SMILES string of the molecule is O=C(O)Cn1nnc(CCc2cccnc2)n1. The maximum Gasteiger partial charge on any atom is 0.327 e. The third-order valence-electron chi connectivity index (χ3n) is 2.13. The number of carboxylic acid groups (broad SMARTS) is 1. The lowest BCUT2D eigenvalue weighted by Gasteiger charge is -1.96. The molecule has 0 atom stereocenters. The molecule has 0 fully saturated rings. The molecule has 0 radical (unpaired) electrons. The predicted octanol–water partition coefficient (Wildman–Crippen LogP) is -0.0621. The van der Waals surface area contributed by atoms with Gasteiger partial charge in [-0.15, -0.1) is 10.2 Å². The van der Waals surface area contributed by atoms with Crippen LogP contribution in [0.15, 0.2) is 24.5 Å². The molecule has 7 nitrogen and oxygen atoms in total. The Labute approximate surface area is 97.1 Å². The highest BCUT2D eigenvalue weighted by Gasteiger charge is 2.06. The van der Waals surface area contributed by atoms with Crippen LogP contribution in [-0.2, 0) is 24.2 Å². The first-order valence-corrected chi connectivity index (χ1v) is 5.11. The molecule has 0 bridgehead atoms. The zero-order valence-electron chi connectivity index (χ0n) is 9.02. The number of rotatable bonds is 5. The van der Waals surface area contributed by atoms with Crippen molar-refractivity contribution in [2.24, 2.45) is 0 Å². The quantitative estimate of drug-likeness (QED) is 0.777. The van der Waals surface area contributed by atoms with Crippen LogP contribution in [0.2, 0.25) is 0 Å². The zero-order chi connectivity index (χ0) is 12.1. The van der Waals surface area contributed by atoms with Crippen molar-refractivity contribution in [3.8, 4) is 0 Å². The Kier molecular flexibility index (Phi) is 3.39. The van der Waals surface area contributed by atoms with Crippen LogP contribution in [0.4, 0.5) is 0 Å². The molecule has 88 valence electrons. The molecule has 2 heterocycles. The summed E-state index contributed by atoms with van der Waals surface area (Å²) in [6.07, 6.45) is 4.87. The summed E-state index contributed by atoms with van der Waals surface area (Å²) in [6, 6.07) is 3.83. The van der Waals surface area contributed by atoms with Gasteiger partial charge in [0, 0.05) is 18.8 Å². The van der Waals surface area contributed by atoms with Gasteiger partial charge in [0.1, 0.15) is 0 Å². The van der Waals surface area contributed by atoms with E-state index in [0.29, 0.717) is 12.2 Å². The van der Waals surface area contributed by atoms with Crippen molar-refractivity contribution >= 4 is 5.97 Å².